The molecule has 2 aromatic rings. The second-order valence-electron chi connectivity index (χ2n) is 3.99. The lowest BCUT2D eigenvalue weighted by atomic mass is 10.2. The van der Waals surface area contributed by atoms with Gasteiger partial charge < -0.3 is 15.3 Å². The molecule has 0 radical (unpaired) electrons. The number of para-hydroxylation sites is 1. The number of ether oxygens (including phenoxy) is 1. The Bertz CT molecular complexity index is 672. The first-order chi connectivity index (χ1) is 10.2. The number of oxime groups is 1. The van der Waals surface area contributed by atoms with Crippen molar-refractivity contribution in [3.8, 4) is 0 Å². The molecule has 106 valence electrons. The molecular weight excluding hydrogens is 288 g/mol. The van der Waals surface area contributed by atoms with Crippen molar-refractivity contribution in [2.45, 2.75) is 0 Å². The van der Waals surface area contributed by atoms with Crippen molar-refractivity contribution in [2.24, 2.45) is 5.16 Å². The van der Waals surface area contributed by atoms with Crippen molar-refractivity contribution in [1.29, 1.82) is 0 Å². The molecule has 2 N–H and O–H groups in total. The summed E-state index contributed by atoms with van der Waals surface area (Å²) in [6, 6.07) is 15.7. The topological polar surface area (TPSA) is 70.9 Å². The average molecular weight is 300 g/mol. The van der Waals surface area contributed by atoms with E-state index in [2.05, 4.69) is 10.5 Å². The monoisotopic (exact) mass is 300 g/mol. The molecule has 6 heteroatoms. The van der Waals surface area contributed by atoms with Crippen LogP contribution in [-0.4, -0.2) is 22.6 Å². The molecule has 0 atom stereocenters. The minimum absolute atomic E-state index is 0.0269. The van der Waals surface area contributed by atoms with Crippen LogP contribution < -0.4 is 5.32 Å². The van der Waals surface area contributed by atoms with E-state index in [-0.39, 0.29) is 11.1 Å². The Labute approximate surface area is 126 Å². The Kier molecular flexibility index (Phi) is 5.00. The maximum Gasteiger partial charge on any atom is 0.268 e. The molecule has 0 aliphatic rings. The van der Waals surface area contributed by atoms with Crippen molar-refractivity contribution >= 4 is 35.3 Å². The first kappa shape index (κ1) is 14.7. The van der Waals surface area contributed by atoms with Gasteiger partial charge >= 0.3 is 0 Å². The predicted octanol–water partition coefficient (Wildman–Crippen LogP) is 3.05. The third-order valence-corrected chi connectivity index (χ3v) is 2.81. The number of nitrogens with one attached hydrogen (secondary N) is 1. The number of benzene rings is 2. The van der Waals surface area contributed by atoms with E-state index in [1.54, 1.807) is 48.5 Å². The maximum atomic E-state index is 10.9. The fourth-order valence-electron chi connectivity index (χ4n) is 1.65. The second kappa shape index (κ2) is 7.16. The van der Waals surface area contributed by atoms with Gasteiger partial charge in [-0.2, -0.15) is 0 Å². The molecule has 0 unspecified atom stereocenters. The Morgan fingerprint density at radius 1 is 1.14 bits per heavy atom. The van der Waals surface area contributed by atoms with Gasteiger partial charge in [-0.3, -0.25) is 4.79 Å². The lowest BCUT2D eigenvalue weighted by Gasteiger charge is -2.11. The lowest BCUT2D eigenvalue weighted by molar-refractivity contribution is 0.112. The zero-order valence-electron chi connectivity index (χ0n) is 10.9. The van der Waals surface area contributed by atoms with E-state index in [1.807, 2.05) is 6.07 Å². The smallest absolute Gasteiger partial charge is 0.268 e. The Morgan fingerprint density at radius 3 is 2.48 bits per heavy atom. The zero-order chi connectivity index (χ0) is 15.1. The summed E-state index contributed by atoms with van der Waals surface area (Å²) in [4.78, 5) is 10.9. The minimum atomic E-state index is -0.0308. The van der Waals surface area contributed by atoms with Gasteiger partial charge in [-0.25, -0.2) is 0 Å². The molecule has 0 heterocycles. The van der Waals surface area contributed by atoms with E-state index in [0.29, 0.717) is 23.1 Å². The van der Waals surface area contributed by atoms with Crippen LogP contribution in [0.4, 0.5) is 5.69 Å². The molecule has 0 amide bonds. The van der Waals surface area contributed by atoms with Gasteiger partial charge in [0, 0.05) is 11.1 Å². The number of hydrogen-bond acceptors (Lipinski definition) is 5. The molecule has 5 nitrogen and oxygen atoms in total. The summed E-state index contributed by atoms with van der Waals surface area (Å²) in [5.74, 6) is -0.0308. The van der Waals surface area contributed by atoms with Gasteiger partial charge in [0.1, 0.15) is 0 Å². The molecule has 0 spiro atoms. The van der Waals surface area contributed by atoms with E-state index in [9.17, 15) is 4.79 Å². The Hall–Kier alpha value is -2.73. The maximum absolute atomic E-state index is 10.9. The molecule has 0 aliphatic carbocycles. The van der Waals surface area contributed by atoms with Gasteiger partial charge in [0.25, 0.3) is 11.1 Å². The predicted molar refractivity (Wildman–Crippen MR) is 83.9 cm³/mol. The number of anilines is 1. The van der Waals surface area contributed by atoms with Crippen LogP contribution >= 0.6 is 12.2 Å². The average Bonchev–Trinajstić information content (AvgIpc) is 2.54. The van der Waals surface area contributed by atoms with E-state index >= 15 is 0 Å². The fraction of sp³-hybridized carbons (Fsp3) is 0. The van der Waals surface area contributed by atoms with Crippen LogP contribution in [0.1, 0.15) is 15.9 Å². The van der Waals surface area contributed by atoms with Crippen LogP contribution in [0.2, 0.25) is 0 Å². The third kappa shape index (κ3) is 3.87. The summed E-state index contributed by atoms with van der Waals surface area (Å²) in [5, 5.41) is 14.8. The number of nitrogens with zero attached hydrogens (tertiary/aromatic N) is 1. The summed E-state index contributed by atoms with van der Waals surface area (Å²) in [5.41, 5.74) is 1.54. The molecule has 2 rings (SSSR count). The first-order valence-corrected chi connectivity index (χ1v) is 6.46. The highest BCUT2D eigenvalue weighted by molar-refractivity contribution is 7.80. The van der Waals surface area contributed by atoms with Gasteiger partial charge in [-0.05, 0) is 41.6 Å². The van der Waals surface area contributed by atoms with E-state index in [0.717, 1.165) is 0 Å². The minimum Gasteiger partial charge on any atom is -0.409 e. The second-order valence-corrected chi connectivity index (χ2v) is 4.36. The molecule has 0 fully saturated rings. The van der Waals surface area contributed by atoms with Crippen LogP contribution in [0.5, 0.6) is 0 Å². The van der Waals surface area contributed by atoms with Crippen molar-refractivity contribution in [1.82, 2.24) is 0 Å². The molecule has 0 aliphatic heterocycles. The van der Waals surface area contributed by atoms with Crippen LogP contribution in [0.25, 0.3) is 0 Å². The molecule has 0 bridgehead atoms. The summed E-state index contributed by atoms with van der Waals surface area (Å²) in [7, 11) is 0. The van der Waals surface area contributed by atoms with Gasteiger partial charge in [-0.1, -0.05) is 30.3 Å². The summed E-state index contributed by atoms with van der Waals surface area (Å²) < 4.78 is 5.29. The third-order valence-electron chi connectivity index (χ3n) is 2.63. The zero-order valence-corrected chi connectivity index (χ0v) is 11.7. The largest absolute Gasteiger partial charge is 0.409 e. The van der Waals surface area contributed by atoms with Crippen LogP contribution in [0.3, 0.4) is 0 Å². The highest BCUT2D eigenvalue weighted by Crippen LogP contribution is 2.13. The quantitative estimate of drug-likeness (QED) is 0.228. The normalized spacial score (nSPS) is 10.8. The summed E-state index contributed by atoms with van der Waals surface area (Å²) >= 11 is 5.04. The number of hydrogen-bond donors (Lipinski definition) is 2. The Balaban J connectivity index is 2.09. The molecule has 0 saturated heterocycles. The molecule has 2 aromatic carbocycles. The van der Waals surface area contributed by atoms with Crippen LogP contribution in [0, 0.1) is 0 Å². The number of carbonyl (C=O) groups is 1. The summed E-state index contributed by atoms with van der Waals surface area (Å²) in [6.45, 7) is 0. The standard InChI is InChI=1S/C15H12N2O3S/c18-10-12-8-4-5-9-13(12)16-15(21)20-14(17-19)11-6-2-1-3-7-11/h1-10,19H,(H,16,21)/b17-14+. The van der Waals surface area contributed by atoms with Crippen molar-refractivity contribution in [2.75, 3.05) is 5.32 Å². The number of thiocarbonyl (C=S) groups is 1. The number of rotatable bonds is 3. The molecular formula is C15H12N2O3S. The molecule has 0 saturated carbocycles. The lowest BCUT2D eigenvalue weighted by Crippen LogP contribution is -2.19. The fourth-order valence-corrected chi connectivity index (χ4v) is 1.84. The van der Waals surface area contributed by atoms with Crippen molar-refractivity contribution in [3.63, 3.8) is 0 Å². The highest BCUT2D eigenvalue weighted by Gasteiger charge is 2.10. The number of carbonyl (C=O) groups excluding carboxylic acids is 1. The van der Waals surface area contributed by atoms with Gasteiger partial charge in [0.05, 0.1) is 5.69 Å². The van der Waals surface area contributed by atoms with Crippen LogP contribution in [0.15, 0.2) is 59.8 Å². The van der Waals surface area contributed by atoms with Gasteiger partial charge in [0.2, 0.25) is 0 Å². The van der Waals surface area contributed by atoms with Crippen molar-refractivity contribution < 1.29 is 14.7 Å². The molecule has 0 aromatic heterocycles. The Morgan fingerprint density at radius 2 is 1.81 bits per heavy atom. The van der Waals surface area contributed by atoms with Gasteiger partial charge in [-0.15, -0.1) is 0 Å². The van der Waals surface area contributed by atoms with E-state index in [1.165, 1.54) is 0 Å². The van der Waals surface area contributed by atoms with Crippen LogP contribution in [-0.2, 0) is 4.74 Å². The van der Waals surface area contributed by atoms with Crippen molar-refractivity contribution in [3.05, 3.63) is 65.7 Å². The van der Waals surface area contributed by atoms with E-state index in [4.69, 9.17) is 22.2 Å². The summed E-state index contributed by atoms with van der Waals surface area (Å²) in [6.07, 6.45) is 0.711. The van der Waals surface area contributed by atoms with E-state index < -0.39 is 0 Å². The number of aldehydes is 1. The highest BCUT2D eigenvalue weighted by atomic mass is 32.1. The SMILES string of the molecule is O=Cc1ccccc1NC(=S)O/C(=N/O)c1ccccc1. The molecule has 21 heavy (non-hydrogen) atoms. The first-order valence-electron chi connectivity index (χ1n) is 6.05. The van der Waals surface area contributed by atoms with Gasteiger partial charge in [0.15, 0.2) is 6.29 Å².